The zero-order valence-electron chi connectivity index (χ0n) is 13.1. The second kappa shape index (κ2) is 6.37. The number of non-ortho nitro benzene ring substituents is 1. The van der Waals surface area contributed by atoms with Gasteiger partial charge in [-0.1, -0.05) is 13.0 Å². The molecule has 1 atom stereocenters. The molecule has 0 aliphatic carbocycles. The minimum atomic E-state index is -3.92. The standard InChI is InChI=1S/C14H18N4O4S/c1-4-10(2)17-11(3)14(9-15-17)16-23(21,22)13-7-5-6-12(8-13)18(19)20/h5-10,16H,4H2,1-3H3. The van der Waals surface area contributed by atoms with Crippen molar-refractivity contribution in [2.75, 3.05) is 4.72 Å². The molecule has 0 aliphatic heterocycles. The van der Waals surface area contributed by atoms with Crippen molar-refractivity contribution in [2.24, 2.45) is 0 Å². The molecule has 124 valence electrons. The predicted octanol–water partition coefficient (Wildman–Crippen LogP) is 2.87. The van der Waals surface area contributed by atoms with Gasteiger partial charge in [0.2, 0.25) is 0 Å². The van der Waals surface area contributed by atoms with Crippen LogP contribution < -0.4 is 4.72 Å². The van der Waals surface area contributed by atoms with E-state index in [9.17, 15) is 18.5 Å². The van der Waals surface area contributed by atoms with E-state index in [0.717, 1.165) is 12.5 Å². The van der Waals surface area contributed by atoms with E-state index in [2.05, 4.69) is 9.82 Å². The van der Waals surface area contributed by atoms with Gasteiger partial charge >= 0.3 is 0 Å². The number of nitrogens with zero attached hydrogens (tertiary/aromatic N) is 3. The van der Waals surface area contributed by atoms with Gasteiger partial charge in [0, 0.05) is 18.2 Å². The topological polar surface area (TPSA) is 107 Å². The molecular weight excluding hydrogens is 320 g/mol. The summed E-state index contributed by atoms with van der Waals surface area (Å²) in [5, 5.41) is 15.0. The summed E-state index contributed by atoms with van der Waals surface area (Å²) in [7, 11) is -3.92. The molecule has 0 aliphatic rings. The van der Waals surface area contributed by atoms with Crippen LogP contribution in [0.15, 0.2) is 35.4 Å². The molecule has 0 radical (unpaired) electrons. The van der Waals surface area contributed by atoms with Gasteiger partial charge in [-0.05, 0) is 26.3 Å². The van der Waals surface area contributed by atoms with E-state index in [0.29, 0.717) is 11.4 Å². The number of anilines is 1. The van der Waals surface area contributed by atoms with Crippen LogP contribution in [0.1, 0.15) is 32.0 Å². The Morgan fingerprint density at radius 2 is 2.13 bits per heavy atom. The summed E-state index contributed by atoms with van der Waals surface area (Å²) < 4.78 is 29.0. The summed E-state index contributed by atoms with van der Waals surface area (Å²) in [4.78, 5) is 9.98. The fourth-order valence-corrected chi connectivity index (χ4v) is 3.25. The Kier molecular flexibility index (Phi) is 4.69. The molecule has 0 fully saturated rings. The van der Waals surface area contributed by atoms with E-state index in [4.69, 9.17) is 0 Å². The van der Waals surface area contributed by atoms with Crippen molar-refractivity contribution in [1.82, 2.24) is 9.78 Å². The zero-order valence-corrected chi connectivity index (χ0v) is 13.9. The third-order valence-corrected chi connectivity index (χ3v) is 5.00. The van der Waals surface area contributed by atoms with Gasteiger partial charge < -0.3 is 0 Å². The number of nitro groups is 1. The molecule has 0 amide bonds. The number of benzene rings is 1. The van der Waals surface area contributed by atoms with E-state index in [1.807, 2.05) is 13.8 Å². The van der Waals surface area contributed by atoms with Crippen LogP contribution in [0.25, 0.3) is 0 Å². The highest BCUT2D eigenvalue weighted by Crippen LogP contribution is 2.24. The van der Waals surface area contributed by atoms with Crippen molar-refractivity contribution in [2.45, 2.75) is 38.1 Å². The molecule has 0 saturated carbocycles. The molecule has 1 heterocycles. The van der Waals surface area contributed by atoms with Gasteiger partial charge in [-0.15, -0.1) is 0 Å². The highest BCUT2D eigenvalue weighted by Gasteiger charge is 2.20. The summed E-state index contributed by atoms with van der Waals surface area (Å²) in [5.74, 6) is 0. The fourth-order valence-electron chi connectivity index (χ4n) is 2.11. The average Bonchev–Trinajstić information content (AvgIpc) is 2.87. The van der Waals surface area contributed by atoms with Crippen LogP contribution in [0.4, 0.5) is 11.4 Å². The van der Waals surface area contributed by atoms with Crippen LogP contribution in [-0.2, 0) is 10.0 Å². The quantitative estimate of drug-likeness (QED) is 0.643. The number of sulfonamides is 1. The Bertz CT molecular complexity index is 829. The smallest absolute Gasteiger partial charge is 0.270 e. The number of nitrogens with one attached hydrogen (secondary N) is 1. The first-order valence-corrected chi connectivity index (χ1v) is 8.56. The summed E-state index contributed by atoms with van der Waals surface area (Å²) in [6.07, 6.45) is 2.30. The van der Waals surface area contributed by atoms with Gasteiger partial charge in [0.25, 0.3) is 15.7 Å². The maximum absolute atomic E-state index is 12.4. The highest BCUT2D eigenvalue weighted by atomic mass is 32.2. The van der Waals surface area contributed by atoms with Crippen molar-refractivity contribution in [3.63, 3.8) is 0 Å². The normalized spacial score (nSPS) is 12.8. The Balaban J connectivity index is 2.34. The molecule has 1 aromatic carbocycles. The molecule has 0 bridgehead atoms. The van der Waals surface area contributed by atoms with E-state index >= 15 is 0 Å². The lowest BCUT2D eigenvalue weighted by Crippen LogP contribution is -2.14. The van der Waals surface area contributed by atoms with Crippen LogP contribution in [0.2, 0.25) is 0 Å². The second-order valence-corrected chi connectivity index (χ2v) is 6.89. The van der Waals surface area contributed by atoms with Crippen molar-refractivity contribution in [1.29, 1.82) is 0 Å². The molecule has 23 heavy (non-hydrogen) atoms. The lowest BCUT2D eigenvalue weighted by atomic mass is 10.2. The molecule has 0 saturated heterocycles. The molecule has 2 rings (SSSR count). The minimum absolute atomic E-state index is 0.145. The fraction of sp³-hybridized carbons (Fsp3) is 0.357. The molecule has 1 unspecified atom stereocenters. The van der Waals surface area contributed by atoms with Gasteiger partial charge in [-0.2, -0.15) is 5.10 Å². The third kappa shape index (κ3) is 3.50. The highest BCUT2D eigenvalue weighted by molar-refractivity contribution is 7.92. The average molecular weight is 338 g/mol. The van der Waals surface area contributed by atoms with E-state index in [1.54, 1.807) is 11.6 Å². The second-order valence-electron chi connectivity index (χ2n) is 5.21. The van der Waals surface area contributed by atoms with Gasteiger partial charge in [0.05, 0.1) is 27.4 Å². The number of rotatable bonds is 6. The Morgan fingerprint density at radius 1 is 1.43 bits per heavy atom. The number of hydrogen-bond donors (Lipinski definition) is 1. The molecule has 9 heteroatoms. The lowest BCUT2D eigenvalue weighted by molar-refractivity contribution is -0.385. The Morgan fingerprint density at radius 3 is 2.74 bits per heavy atom. The number of nitro benzene ring substituents is 1. The van der Waals surface area contributed by atoms with E-state index < -0.39 is 14.9 Å². The summed E-state index contributed by atoms with van der Waals surface area (Å²) in [6, 6.07) is 5.06. The zero-order chi connectivity index (χ0) is 17.2. The van der Waals surface area contributed by atoms with Crippen molar-refractivity contribution >= 4 is 21.4 Å². The summed E-state index contributed by atoms with van der Waals surface area (Å²) >= 11 is 0. The molecular formula is C14H18N4O4S. The minimum Gasteiger partial charge on any atom is -0.276 e. The first kappa shape index (κ1) is 16.9. The van der Waals surface area contributed by atoms with E-state index in [1.165, 1.54) is 24.4 Å². The van der Waals surface area contributed by atoms with Gasteiger partial charge in [-0.3, -0.25) is 19.5 Å². The van der Waals surface area contributed by atoms with Crippen LogP contribution in [0.3, 0.4) is 0 Å². The van der Waals surface area contributed by atoms with Crippen LogP contribution in [0.5, 0.6) is 0 Å². The largest absolute Gasteiger partial charge is 0.276 e. The lowest BCUT2D eigenvalue weighted by Gasteiger charge is -2.12. The Hall–Kier alpha value is -2.42. The molecule has 1 aromatic heterocycles. The summed E-state index contributed by atoms with van der Waals surface area (Å²) in [6.45, 7) is 5.77. The van der Waals surface area contributed by atoms with E-state index in [-0.39, 0.29) is 16.6 Å². The van der Waals surface area contributed by atoms with Crippen LogP contribution in [-0.4, -0.2) is 23.1 Å². The summed E-state index contributed by atoms with van der Waals surface area (Å²) in [5.41, 5.74) is 0.769. The number of aromatic nitrogens is 2. The molecule has 0 spiro atoms. The van der Waals surface area contributed by atoms with Crippen molar-refractivity contribution in [3.8, 4) is 0 Å². The maximum atomic E-state index is 12.4. The van der Waals surface area contributed by atoms with Crippen molar-refractivity contribution in [3.05, 3.63) is 46.3 Å². The monoisotopic (exact) mass is 338 g/mol. The third-order valence-electron chi connectivity index (χ3n) is 3.64. The van der Waals surface area contributed by atoms with Crippen LogP contribution in [0, 0.1) is 17.0 Å². The first-order chi connectivity index (χ1) is 10.8. The SMILES string of the molecule is CCC(C)n1ncc(NS(=O)(=O)c2cccc([N+](=O)[O-])c2)c1C. The predicted molar refractivity (Wildman–Crippen MR) is 85.9 cm³/mol. The Labute approximate surface area is 134 Å². The van der Waals surface area contributed by atoms with Crippen molar-refractivity contribution < 1.29 is 13.3 Å². The maximum Gasteiger partial charge on any atom is 0.270 e. The number of hydrogen-bond acceptors (Lipinski definition) is 5. The molecule has 1 N–H and O–H groups in total. The van der Waals surface area contributed by atoms with Gasteiger partial charge in [0.15, 0.2) is 0 Å². The molecule has 2 aromatic rings. The van der Waals surface area contributed by atoms with Gasteiger partial charge in [-0.25, -0.2) is 8.42 Å². The molecule has 8 nitrogen and oxygen atoms in total. The van der Waals surface area contributed by atoms with Crippen LogP contribution >= 0.6 is 0 Å². The first-order valence-electron chi connectivity index (χ1n) is 7.07. The van der Waals surface area contributed by atoms with Gasteiger partial charge in [0.1, 0.15) is 0 Å².